The number of benzene rings is 1. The molecule has 152 valence electrons. The Morgan fingerprint density at radius 1 is 1.00 bits per heavy atom. The van der Waals surface area contributed by atoms with E-state index in [0.29, 0.717) is 33.6 Å². The van der Waals surface area contributed by atoms with Crippen LogP contribution in [0.5, 0.6) is 11.5 Å². The summed E-state index contributed by atoms with van der Waals surface area (Å²) >= 11 is 0. The lowest BCUT2D eigenvalue weighted by Gasteiger charge is -2.52. The van der Waals surface area contributed by atoms with Crippen molar-refractivity contribution in [2.75, 3.05) is 20.8 Å². The minimum Gasteiger partial charge on any atom is -0.507 e. The predicted molar refractivity (Wildman–Crippen MR) is 104 cm³/mol. The largest absolute Gasteiger partial charge is 0.507 e. The number of carbonyl (C=O) groups excluding carboxylic acids is 2. The SMILES string of the molecule is COCc1c(O)c(C)c(C)c2c1C[C@]1(C)C(=O)C(C)=C(C)C(=O)[C@]1(COC)O2. The zero-order chi connectivity index (χ0) is 21.0. The van der Waals surface area contributed by atoms with E-state index in [1.807, 2.05) is 6.92 Å². The summed E-state index contributed by atoms with van der Waals surface area (Å²) in [5.74, 6) is 0.319. The summed E-state index contributed by atoms with van der Waals surface area (Å²) in [7, 11) is 3.05. The van der Waals surface area contributed by atoms with Crippen molar-refractivity contribution in [3.05, 3.63) is 33.4 Å². The fourth-order valence-electron chi connectivity index (χ4n) is 4.56. The molecule has 0 saturated carbocycles. The maximum absolute atomic E-state index is 13.4. The van der Waals surface area contributed by atoms with E-state index in [0.717, 1.165) is 5.56 Å². The maximum Gasteiger partial charge on any atom is 0.207 e. The Balaban J connectivity index is 2.36. The van der Waals surface area contributed by atoms with Crippen LogP contribution in [0.3, 0.4) is 0 Å². The molecule has 0 fully saturated rings. The van der Waals surface area contributed by atoms with Crippen molar-refractivity contribution in [2.24, 2.45) is 5.41 Å². The number of aromatic hydroxyl groups is 1. The molecule has 0 unspecified atom stereocenters. The van der Waals surface area contributed by atoms with E-state index in [1.165, 1.54) is 7.11 Å². The summed E-state index contributed by atoms with van der Waals surface area (Å²) in [5, 5.41) is 10.7. The Bertz CT molecular complexity index is 912. The van der Waals surface area contributed by atoms with Crippen LogP contribution in [-0.2, 0) is 32.1 Å². The molecule has 6 heteroatoms. The quantitative estimate of drug-likeness (QED) is 0.854. The van der Waals surface area contributed by atoms with Crippen molar-refractivity contribution in [1.82, 2.24) is 0 Å². The highest BCUT2D eigenvalue weighted by Gasteiger charge is 2.65. The minimum absolute atomic E-state index is 0.0306. The number of rotatable bonds is 4. The minimum atomic E-state index is -1.44. The zero-order valence-electron chi connectivity index (χ0n) is 17.6. The molecule has 28 heavy (non-hydrogen) atoms. The summed E-state index contributed by atoms with van der Waals surface area (Å²) < 4.78 is 17.1. The number of carbonyl (C=O) groups is 2. The Labute approximate surface area is 165 Å². The van der Waals surface area contributed by atoms with E-state index >= 15 is 0 Å². The molecule has 3 rings (SSSR count). The molecule has 6 nitrogen and oxygen atoms in total. The van der Waals surface area contributed by atoms with Crippen LogP contribution in [0.1, 0.15) is 43.0 Å². The normalized spacial score (nSPS) is 26.8. The van der Waals surface area contributed by atoms with Gasteiger partial charge >= 0.3 is 0 Å². The van der Waals surface area contributed by atoms with Gasteiger partial charge in [0.1, 0.15) is 11.5 Å². The molecule has 0 radical (unpaired) electrons. The van der Waals surface area contributed by atoms with E-state index in [-0.39, 0.29) is 37.0 Å². The summed E-state index contributed by atoms with van der Waals surface area (Å²) in [5.41, 5.74) is 0.999. The van der Waals surface area contributed by atoms with Crippen LogP contribution < -0.4 is 4.74 Å². The van der Waals surface area contributed by atoms with Gasteiger partial charge in [-0.15, -0.1) is 0 Å². The molecular weight excluding hydrogens is 360 g/mol. The third kappa shape index (κ3) is 2.40. The molecule has 1 heterocycles. The molecule has 0 bridgehead atoms. The van der Waals surface area contributed by atoms with E-state index in [9.17, 15) is 14.7 Å². The molecule has 0 aromatic heterocycles. The van der Waals surface area contributed by atoms with E-state index < -0.39 is 11.0 Å². The van der Waals surface area contributed by atoms with Crippen molar-refractivity contribution in [3.63, 3.8) is 0 Å². The van der Waals surface area contributed by atoms with Crippen LogP contribution in [-0.4, -0.2) is 43.1 Å². The number of ketones is 2. The first-order valence-electron chi connectivity index (χ1n) is 9.35. The van der Waals surface area contributed by atoms with Gasteiger partial charge in [0.25, 0.3) is 0 Å². The van der Waals surface area contributed by atoms with Crippen LogP contribution in [0.4, 0.5) is 0 Å². The van der Waals surface area contributed by atoms with E-state index in [4.69, 9.17) is 14.2 Å². The Morgan fingerprint density at radius 2 is 1.61 bits per heavy atom. The highest BCUT2D eigenvalue weighted by molar-refractivity contribution is 6.18. The number of Topliss-reactive ketones (excluding diaryl/α,β-unsaturated/α-hetero) is 2. The number of allylic oxidation sites excluding steroid dienone is 1. The molecule has 0 saturated heterocycles. The average molecular weight is 388 g/mol. The first kappa shape index (κ1) is 20.6. The van der Waals surface area contributed by atoms with Gasteiger partial charge in [-0.1, -0.05) is 0 Å². The predicted octanol–water partition coefficient (Wildman–Crippen LogP) is 2.97. The summed E-state index contributed by atoms with van der Waals surface area (Å²) in [4.78, 5) is 26.8. The van der Waals surface area contributed by atoms with Crippen LogP contribution >= 0.6 is 0 Å². The fourth-order valence-corrected chi connectivity index (χ4v) is 4.56. The molecule has 2 aliphatic rings. The Hall–Kier alpha value is -2.18. The molecule has 0 spiro atoms. The van der Waals surface area contributed by atoms with Crippen molar-refractivity contribution in [3.8, 4) is 11.5 Å². The lowest BCUT2D eigenvalue weighted by molar-refractivity contribution is -0.166. The second kappa shape index (κ2) is 6.71. The van der Waals surface area contributed by atoms with Crippen molar-refractivity contribution in [1.29, 1.82) is 0 Å². The Morgan fingerprint density at radius 3 is 2.18 bits per heavy atom. The van der Waals surface area contributed by atoms with E-state index in [2.05, 4.69) is 0 Å². The Kier molecular flexibility index (Phi) is 4.92. The third-order valence-corrected chi connectivity index (χ3v) is 6.63. The summed E-state index contributed by atoms with van der Waals surface area (Å²) in [6.45, 7) is 8.90. The van der Waals surface area contributed by atoms with Crippen LogP contribution in [0.2, 0.25) is 0 Å². The third-order valence-electron chi connectivity index (χ3n) is 6.63. The van der Waals surface area contributed by atoms with Gasteiger partial charge in [0.15, 0.2) is 5.78 Å². The second-order valence-electron chi connectivity index (χ2n) is 8.10. The topological polar surface area (TPSA) is 82.1 Å². The van der Waals surface area contributed by atoms with Crippen molar-refractivity contribution >= 4 is 11.6 Å². The van der Waals surface area contributed by atoms with Crippen molar-refractivity contribution in [2.45, 2.75) is 53.2 Å². The molecule has 1 aromatic rings. The van der Waals surface area contributed by atoms with Crippen LogP contribution in [0.25, 0.3) is 0 Å². The number of methoxy groups -OCH3 is 2. The summed E-state index contributed by atoms with van der Waals surface area (Å²) in [6.07, 6.45) is 0.258. The van der Waals surface area contributed by atoms with Crippen molar-refractivity contribution < 1.29 is 28.9 Å². The maximum atomic E-state index is 13.4. The fraction of sp³-hybridized carbons (Fsp3) is 0.545. The molecular formula is C22H28O6. The first-order valence-corrected chi connectivity index (χ1v) is 9.35. The monoisotopic (exact) mass is 388 g/mol. The standard InChI is InChI=1S/C22H28O6/c1-11-12(2)18-15(16(9-26-6)17(11)23)8-21(5)19(24)13(3)14(4)20(25)22(21,28-18)10-27-7/h23H,8-10H2,1-7H3/t21-,22+/m1/s1. The van der Waals surface area contributed by atoms with Gasteiger partial charge in [0, 0.05) is 30.9 Å². The molecule has 2 atom stereocenters. The van der Waals surface area contributed by atoms with Gasteiger partial charge in [0.05, 0.1) is 18.6 Å². The first-order chi connectivity index (χ1) is 13.1. The van der Waals surface area contributed by atoms with E-state index in [1.54, 1.807) is 34.8 Å². The second-order valence-corrected chi connectivity index (χ2v) is 8.10. The smallest absolute Gasteiger partial charge is 0.207 e. The van der Waals surface area contributed by atoms with Gasteiger partial charge in [-0.2, -0.15) is 0 Å². The van der Waals surface area contributed by atoms with Gasteiger partial charge in [-0.3, -0.25) is 9.59 Å². The number of ether oxygens (including phenoxy) is 3. The molecule has 1 aliphatic heterocycles. The molecule has 1 N–H and O–H groups in total. The average Bonchev–Trinajstić information content (AvgIpc) is 2.67. The van der Waals surface area contributed by atoms with Crippen LogP contribution in [0.15, 0.2) is 11.1 Å². The molecule has 1 aliphatic carbocycles. The lowest BCUT2D eigenvalue weighted by atomic mass is 9.57. The van der Waals surface area contributed by atoms with Gasteiger partial charge in [-0.05, 0) is 57.7 Å². The van der Waals surface area contributed by atoms with Gasteiger partial charge in [-0.25, -0.2) is 0 Å². The van der Waals surface area contributed by atoms with Gasteiger partial charge < -0.3 is 19.3 Å². The highest BCUT2D eigenvalue weighted by Crippen LogP contribution is 2.54. The molecule has 1 aromatic carbocycles. The van der Waals surface area contributed by atoms with Crippen LogP contribution in [0, 0.1) is 19.3 Å². The number of fused-ring (bicyclic) bond motifs is 2. The molecule has 0 amide bonds. The summed E-state index contributed by atoms with van der Waals surface area (Å²) in [6, 6.07) is 0. The van der Waals surface area contributed by atoms with Gasteiger partial charge in [0.2, 0.25) is 11.4 Å². The number of phenols is 1. The number of phenolic OH excluding ortho intramolecular Hbond substituents is 1. The zero-order valence-corrected chi connectivity index (χ0v) is 17.6. The number of hydrogen-bond donors (Lipinski definition) is 1. The number of hydrogen-bond acceptors (Lipinski definition) is 6. The highest BCUT2D eigenvalue weighted by atomic mass is 16.5. The lowest BCUT2D eigenvalue weighted by Crippen LogP contribution is -2.68.